The summed E-state index contributed by atoms with van der Waals surface area (Å²) in [5.41, 5.74) is 2.08. The van der Waals surface area contributed by atoms with Gasteiger partial charge in [0.05, 0.1) is 4.90 Å². The third-order valence-corrected chi connectivity index (χ3v) is 7.42. The number of nitrogens with one attached hydrogen (secondary N) is 1. The van der Waals surface area contributed by atoms with Crippen LogP contribution in [0.4, 0.5) is 5.69 Å². The first-order chi connectivity index (χ1) is 12.8. The van der Waals surface area contributed by atoms with Crippen molar-refractivity contribution in [2.24, 2.45) is 0 Å². The smallest absolute Gasteiger partial charge is 0.255 e. The highest BCUT2D eigenvalue weighted by Gasteiger charge is 2.30. The van der Waals surface area contributed by atoms with Crippen LogP contribution in [-0.4, -0.2) is 31.2 Å². The summed E-state index contributed by atoms with van der Waals surface area (Å²) >= 11 is 3.40. The molecule has 1 unspecified atom stereocenters. The Balaban J connectivity index is 1.77. The van der Waals surface area contributed by atoms with Gasteiger partial charge in [0.2, 0.25) is 10.0 Å². The van der Waals surface area contributed by atoms with E-state index in [1.807, 2.05) is 32.0 Å². The highest BCUT2D eigenvalue weighted by molar-refractivity contribution is 9.10. The number of piperidine rings is 1. The molecule has 27 heavy (non-hydrogen) atoms. The van der Waals surface area contributed by atoms with E-state index in [4.69, 9.17) is 0 Å². The number of nitrogens with zero attached hydrogens (tertiary/aromatic N) is 1. The van der Waals surface area contributed by atoms with Crippen LogP contribution in [0.5, 0.6) is 0 Å². The number of anilines is 1. The SMILES string of the molecule is Cc1cc(Br)ccc1NC(=O)c1ccc(S(=O)(=O)N2CCCCC2C)cc1. The Hall–Kier alpha value is -1.70. The minimum Gasteiger partial charge on any atom is -0.322 e. The zero-order chi connectivity index (χ0) is 19.6. The normalized spacial score (nSPS) is 18.3. The fraction of sp³-hybridized carbons (Fsp3) is 0.350. The van der Waals surface area contributed by atoms with Crippen LogP contribution >= 0.6 is 15.9 Å². The topological polar surface area (TPSA) is 66.5 Å². The fourth-order valence-electron chi connectivity index (χ4n) is 3.30. The summed E-state index contributed by atoms with van der Waals surface area (Å²) < 4.78 is 28.2. The summed E-state index contributed by atoms with van der Waals surface area (Å²) in [6.45, 7) is 4.41. The van der Waals surface area contributed by atoms with Gasteiger partial charge in [-0.25, -0.2) is 8.42 Å². The molecule has 1 fully saturated rings. The summed E-state index contributed by atoms with van der Waals surface area (Å²) in [6.07, 6.45) is 2.82. The van der Waals surface area contributed by atoms with Crippen LogP contribution in [-0.2, 0) is 10.0 Å². The number of carbonyl (C=O) groups excluding carboxylic acids is 1. The van der Waals surface area contributed by atoms with Gasteiger partial charge in [-0.3, -0.25) is 4.79 Å². The summed E-state index contributed by atoms with van der Waals surface area (Å²) in [5, 5.41) is 2.86. The third-order valence-electron chi connectivity index (χ3n) is 4.90. The van der Waals surface area contributed by atoms with Gasteiger partial charge < -0.3 is 5.32 Å². The van der Waals surface area contributed by atoms with Gasteiger partial charge in [-0.2, -0.15) is 4.31 Å². The van der Waals surface area contributed by atoms with Gasteiger partial charge in [0.15, 0.2) is 0 Å². The predicted molar refractivity (Wildman–Crippen MR) is 110 cm³/mol. The van der Waals surface area contributed by atoms with Crippen LogP contribution in [0.25, 0.3) is 0 Å². The average Bonchev–Trinajstić information content (AvgIpc) is 2.64. The van der Waals surface area contributed by atoms with Gasteiger partial charge >= 0.3 is 0 Å². The van der Waals surface area contributed by atoms with Gasteiger partial charge in [0.25, 0.3) is 5.91 Å². The van der Waals surface area contributed by atoms with E-state index in [0.717, 1.165) is 35.0 Å². The average molecular weight is 451 g/mol. The van der Waals surface area contributed by atoms with Gasteiger partial charge in [0.1, 0.15) is 0 Å². The number of aryl methyl sites for hydroxylation is 1. The zero-order valence-corrected chi connectivity index (χ0v) is 17.8. The van der Waals surface area contributed by atoms with Gasteiger partial charge in [-0.05, 0) is 74.7 Å². The number of benzene rings is 2. The van der Waals surface area contributed by atoms with Crippen molar-refractivity contribution in [2.45, 2.75) is 44.0 Å². The lowest BCUT2D eigenvalue weighted by atomic mass is 10.1. The van der Waals surface area contributed by atoms with Crippen LogP contribution in [0.15, 0.2) is 51.8 Å². The molecule has 2 aromatic carbocycles. The van der Waals surface area contributed by atoms with E-state index < -0.39 is 10.0 Å². The number of amides is 1. The molecule has 0 aliphatic carbocycles. The maximum absolute atomic E-state index is 12.9. The van der Waals surface area contributed by atoms with Crippen molar-refractivity contribution in [1.29, 1.82) is 0 Å². The number of rotatable bonds is 4. The largest absolute Gasteiger partial charge is 0.322 e. The molecule has 0 spiro atoms. The first-order valence-electron chi connectivity index (χ1n) is 8.98. The molecule has 144 valence electrons. The highest BCUT2D eigenvalue weighted by atomic mass is 79.9. The van der Waals surface area contributed by atoms with Crippen LogP contribution in [0.2, 0.25) is 0 Å². The van der Waals surface area contributed by atoms with Gasteiger partial charge in [-0.15, -0.1) is 0 Å². The molecule has 5 nitrogen and oxygen atoms in total. The quantitative estimate of drug-likeness (QED) is 0.741. The lowest BCUT2D eigenvalue weighted by Crippen LogP contribution is -2.41. The summed E-state index contributed by atoms with van der Waals surface area (Å²) in [6, 6.07) is 11.8. The maximum atomic E-state index is 12.9. The Bertz CT molecular complexity index is 942. The summed E-state index contributed by atoms with van der Waals surface area (Å²) in [7, 11) is -3.53. The summed E-state index contributed by atoms with van der Waals surface area (Å²) in [4.78, 5) is 12.7. The van der Waals surface area contributed by atoms with Gasteiger partial charge in [0, 0.05) is 28.3 Å². The minimum absolute atomic E-state index is 0.00658. The molecule has 3 rings (SSSR count). The van der Waals surface area contributed by atoms with Crippen LogP contribution in [0.3, 0.4) is 0 Å². The predicted octanol–water partition coefficient (Wildman–Crippen LogP) is 4.57. The van der Waals surface area contributed by atoms with Crippen molar-refractivity contribution >= 4 is 37.5 Å². The minimum atomic E-state index is -3.53. The maximum Gasteiger partial charge on any atom is 0.255 e. The summed E-state index contributed by atoms with van der Waals surface area (Å²) in [5.74, 6) is -0.268. The van der Waals surface area contributed by atoms with E-state index in [2.05, 4.69) is 21.2 Å². The molecule has 1 N–H and O–H groups in total. The van der Waals surface area contributed by atoms with Crippen molar-refractivity contribution in [1.82, 2.24) is 4.31 Å². The number of carbonyl (C=O) groups is 1. The Morgan fingerprint density at radius 1 is 1.15 bits per heavy atom. The van der Waals surface area contributed by atoms with Crippen molar-refractivity contribution in [3.8, 4) is 0 Å². The second-order valence-electron chi connectivity index (χ2n) is 6.90. The molecule has 0 aromatic heterocycles. The standard InChI is InChI=1S/C20H23BrN2O3S/c1-14-13-17(21)8-11-19(14)22-20(24)16-6-9-18(10-7-16)27(25,26)23-12-4-3-5-15(23)2/h6-11,13,15H,3-5,12H2,1-2H3,(H,22,24). The number of hydrogen-bond acceptors (Lipinski definition) is 3. The highest BCUT2D eigenvalue weighted by Crippen LogP contribution is 2.26. The molecule has 0 bridgehead atoms. The van der Waals surface area contributed by atoms with Crippen LogP contribution < -0.4 is 5.32 Å². The van der Waals surface area contributed by atoms with E-state index in [9.17, 15) is 13.2 Å². The van der Waals surface area contributed by atoms with E-state index in [1.54, 1.807) is 16.4 Å². The van der Waals surface area contributed by atoms with E-state index in [0.29, 0.717) is 12.1 Å². The lowest BCUT2D eigenvalue weighted by molar-refractivity contribution is 0.102. The van der Waals surface area contributed by atoms with E-state index in [1.165, 1.54) is 12.1 Å². The van der Waals surface area contributed by atoms with E-state index in [-0.39, 0.29) is 16.8 Å². The van der Waals surface area contributed by atoms with Crippen molar-refractivity contribution in [3.05, 3.63) is 58.1 Å². The number of hydrogen-bond donors (Lipinski definition) is 1. The van der Waals surface area contributed by atoms with Crippen molar-refractivity contribution in [3.63, 3.8) is 0 Å². The fourth-order valence-corrected chi connectivity index (χ4v) is 5.48. The van der Waals surface area contributed by atoms with E-state index >= 15 is 0 Å². The van der Waals surface area contributed by atoms with Crippen LogP contribution in [0.1, 0.15) is 42.1 Å². The number of halogens is 1. The Labute approximate surface area is 169 Å². The Morgan fingerprint density at radius 3 is 2.48 bits per heavy atom. The van der Waals surface area contributed by atoms with Gasteiger partial charge in [-0.1, -0.05) is 22.4 Å². The molecule has 1 amide bonds. The molecular weight excluding hydrogens is 428 g/mol. The third kappa shape index (κ3) is 4.42. The monoisotopic (exact) mass is 450 g/mol. The second-order valence-corrected chi connectivity index (χ2v) is 9.70. The molecule has 7 heteroatoms. The first-order valence-corrected chi connectivity index (χ1v) is 11.2. The molecule has 1 heterocycles. The second kappa shape index (κ2) is 8.12. The molecule has 1 aliphatic rings. The Kier molecular flexibility index (Phi) is 6.03. The molecule has 0 radical (unpaired) electrons. The zero-order valence-electron chi connectivity index (χ0n) is 15.4. The number of sulfonamides is 1. The molecular formula is C20H23BrN2O3S. The first kappa shape index (κ1) is 20.0. The van der Waals surface area contributed by atoms with Crippen molar-refractivity contribution < 1.29 is 13.2 Å². The molecule has 1 saturated heterocycles. The molecule has 1 aliphatic heterocycles. The van der Waals surface area contributed by atoms with Crippen LogP contribution in [0, 0.1) is 6.92 Å². The molecule has 0 saturated carbocycles. The molecule has 1 atom stereocenters. The Morgan fingerprint density at radius 2 is 1.85 bits per heavy atom. The lowest BCUT2D eigenvalue weighted by Gasteiger charge is -2.32. The molecule has 2 aromatic rings. The van der Waals surface area contributed by atoms with Crippen molar-refractivity contribution in [2.75, 3.05) is 11.9 Å².